The van der Waals surface area contributed by atoms with Gasteiger partial charge in [0, 0.05) is 24.0 Å². The molecular weight excluding hydrogens is 317 g/mol. The minimum absolute atomic E-state index is 0.241. The Kier molecular flexibility index (Phi) is 6.32. The van der Waals surface area contributed by atoms with E-state index >= 15 is 0 Å². The second-order valence-electron chi connectivity index (χ2n) is 5.17. The van der Waals surface area contributed by atoms with Crippen LogP contribution < -0.4 is 0 Å². The fourth-order valence-corrected chi connectivity index (χ4v) is 4.55. The fraction of sp³-hybridized carbons (Fsp3) is 0.571. The monoisotopic (exact) mass is 337 g/mol. The van der Waals surface area contributed by atoms with Gasteiger partial charge in [-0.05, 0) is 36.1 Å². The lowest BCUT2D eigenvalue weighted by atomic mass is 10.1. The summed E-state index contributed by atoms with van der Waals surface area (Å²) in [5.41, 5.74) is 1.42. The van der Waals surface area contributed by atoms with Crippen LogP contribution in [-0.2, 0) is 15.9 Å². The van der Waals surface area contributed by atoms with Gasteiger partial charge in [-0.2, -0.15) is 4.31 Å². The zero-order chi connectivity index (χ0) is 15.5. The standard InChI is InChI=1S/C14H21Cl2NO2S/c1-5-17(9-10(2)3)20(18,19)14-7-13(16)6-12(8-15)11(14)4/h6-7,10H,5,8-9H2,1-4H3. The Morgan fingerprint density at radius 2 is 1.90 bits per heavy atom. The summed E-state index contributed by atoms with van der Waals surface area (Å²) < 4.78 is 27.0. The van der Waals surface area contributed by atoms with Crippen molar-refractivity contribution in [1.82, 2.24) is 4.31 Å². The third-order valence-corrected chi connectivity index (χ3v) is 5.69. The summed E-state index contributed by atoms with van der Waals surface area (Å²) in [7, 11) is -3.54. The van der Waals surface area contributed by atoms with Gasteiger partial charge in [0.05, 0.1) is 4.90 Å². The molecule has 114 valence electrons. The van der Waals surface area contributed by atoms with E-state index in [1.165, 1.54) is 10.4 Å². The summed E-state index contributed by atoms with van der Waals surface area (Å²) in [5.74, 6) is 0.502. The second kappa shape index (κ2) is 7.12. The molecule has 0 aromatic heterocycles. The first kappa shape index (κ1) is 17.8. The van der Waals surface area contributed by atoms with Crippen LogP contribution in [0.25, 0.3) is 0 Å². The van der Waals surface area contributed by atoms with E-state index < -0.39 is 10.0 Å². The topological polar surface area (TPSA) is 37.4 Å². The molecule has 0 N–H and O–H groups in total. The molecule has 6 heteroatoms. The van der Waals surface area contributed by atoms with Crippen LogP contribution in [0.1, 0.15) is 31.9 Å². The van der Waals surface area contributed by atoms with Gasteiger partial charge >= 0.3 is 0 Å². The quantitative estimate of drug-likeness (QED) is 0.734. The average molecular weight is 338 g/mol. The van der Waals surface area contributed by atoms with Crippen molar-refractivity contribution >= 4 is 33.2 Å². The summed E-state index contributed by atoms with van der Waals surface area (Å²) in [6.07, 6.45) is 0. The van der Waals surface area contributed by atoms with Gasteiger partial charge in [-0.25, -0.2) is 8.42 Å². The Morgan fingerprint density at radius 1 is 1.30 bits per heavy atom. The van der Waals surface area contributed by atoms with E-state index in [9.17, 15) is 8.42 Å². The molecule has 0 spiro atoms. The van der Waals surface area contributed by atoms with Crippen LogP contribution in [-0.4, -0.2) is 25.8 Å². The van der Waals surface area contributed by atoms with Gasteiger partial charge in [-0.15, -0.1) is 11.6 Å². The normalized spacial score (nSPS) is 12.4. The van der Waals surface area contributed by atoms with E-state index in [4.69, 9.17) is 23.2 Å². The highest BCUT2D eigenvalue weighted by Crippen LogP contribution is 2.28. The van der Waals surface area contributed by atoms with E-state index in [1.807, 2.05) is 20.8 Å². The number of rotatable bonds is 6. The molecule has 0 radical (unpaired) electrons. The van der Waals surface area contributed by atoms with E-state index in [-0.39, 0.29) is 16.7 Å². The predicted molar refractivity (Wildman–Crippen MR) is 85.0 cm³/mol. The Morgan fingerprint density at radius 3 is 2.35 bits per heavy atom. The maximum atomic E-state index is 12.8. The lowest BCUT2D eigenvalue weighted by Gasteiger charge is -2.24. The third-order valence-electron chi connectivity index (χ3n) is 3.12. The molecule has 1 rings (SSSR count). The highest BCUT2D eigenvalue weighted by Gasteiger charge is 2.26. The number of benzene rings is 1. The Labute approximate surface area is 131 Å². The van der Waals surface area contributed by atoms with Crippen molar-refractivity contribution < 1.29 is 8.42 Å². The van der Waals surface area contributed by atoms with Crippen molar-refractivity contribution in [2.24, 2.45) is 5.92 Å². The Hall–Kier alpha value is -0.290. The maximum Gasteiger partial charge on any atom is 0.243 e. The molecular formula is C14H21Cl2NO2S. The molecule has 0 saturated heterocycles. The van der Waals surface area contributed by atoms with Crippen molar-refractivity contribution in [3.05, 3.63) is 28.3 Å². The molecule has 0 saturated carbocycles. The Bertz CT molecular complexity index is 571. The first-order chi connectivity index (χ1) is 9.23. The molecule has 0 aliphatic heterocycles. The Balaban J connectivity index is 3.37. The first-order valence-electron chi connectivity index (χ1n) is 6.59. The van der Waals surface area contributed by atoms with Crippen molar-refractivity contribution in [3.8, 4) is 0 Å². The van der Waals surface area contributed by atoms with Gasteiger partial charge in [0.1, 0.15) is 0 Å². The minimum atomic E-state index is -3.54. The predicted octanol–water partition coefficient (Wildman–Crippen LogP) is 4.05. The molecule has 0 atom stereocenters. The van der Waals surface area contributed by atoms with Crippen LogP contribution in [0.3, 0.4) is 0 Å². The van der Waals surface area contributed by atoms with Crippen LogP contribution in [0, 0.1) is 12.8 Å². The molecule has 1 aromatic carbocycles. The molecule has 0 aliphatic rings. The fourth-order valence-electron chi connectivity index (χ4n) is 2.06. The van der Waals surface area contributed by atoms with E-state index in [1.54, 1.807) is 13.0 Å². The molecule has 0 unspecified atom stereocenters. The van der Waals surface area contributed by atoms with Gasteiger partial charge in [-0.3, -0.25) is 0 Å². The number of alkyl halides is 1. The highest BCUT2D eigenvalue weighted by atomic mass is 35.5. The number of hydrogen-bond acceptors (Lipinski definition) is 2. The minimum Gasteiger partial charge on any atom is -0.207 e. The summed E-state index contributed by atoms with van der Waals surface area (Å²) in [6.45, 7) is 8.51. The molecule has 3 nitrogen and oxygen atoms in total. The van der Waals surface area contributed by atoms with E-state index in [0.717, 1.165) is 5.56 Å². The summed E-state index contributed by atoms with van der Waals surface area (Å²) in [6, 6.07) is 3.22. The van der Waals surface area contributed by atoms with Crippen molar-refractivity contribution in [2.75, 3.05) is 13.1 Å². The van der Waals surface area contributed by atoms with Crippen molar-refractivity contribution in [1.29, 1.82) is 0 Å². The SMILES string of the molecule is CCN(CC(C)C)S(=O)(=O)c1cc(Cl)cc(CCl)c1C. The molecule has 0 aliphatic carbocycles. The number of nitrogens with zero attached hydrogens (tertiary/aromatic N) is 1. The highest BCUT2D eigenvalue weighted by molar-refractivity contribution is 7.89. The van der Waals surface area contributed by atoms with Gasteiger partial charge < -0.3 is 0 Å². The molecule has 0 fully saturated rings. The van der Waals surface area contributed by atoms with Crippen LogP contribution in [0.15, 0.2) is 17.0 Å². The molecule has 0 bridgehead atoms. The van der Waals surface area contributed by atoms with Gasteiger partial charge in [0.15, 0.2) is 0 Å². The van der Waals surface area contributed by atoms with Crippen LogP contribution >= 0.6 is 23.2 Å². The zero-order valence-electron chi connectivity index (χ0n) is 12.3. The summed E-state index contributed by atoms with van der Waals surface area (Å²) in [5, 5.41) is 0.394. The van der Waals surface area contributed by atoms with Crippen molar-refractivity contribution in [3.63, 3.8) is 0 Å². The largest absolute Gasteiger partial charge is 0.243 e. The van der Waals surface area contributed by atoms with Gasteiger partial charge in [0.25, 0.3) is 0 Å². The third kappa shape index (κ3) is 3.88. The number of halogens is 2. The van der Waals surface area contributed by atoms with Crippen LogP contribution in [0.2, 0.25) is 5.02 Å². The van der Waals surface area contributed by atoms with E-state index in [2.05, 4.69) is 0 Å². The summed E-state index contributed by atoms with van der Waals surface area (Å²) in [4.78, 5) is 0.253. The molecule has 0 heterocycles. The van der Waals surface area contributed by atoms with Crippen LogP contribution in [0.5, 0.6) is 0 Å². The lowest BCUT2D eigenvalue weighted by Crippen LogP contribution is -2.34. The molecule has 1 aromatic rings. The lowest BCUT2D eigenvalue weighted by molar-refractivity contribution is 0.380. The smallest absolute Gasteiger partial charge is 0.207 e. The molecule has 20 heavy (non-hydrogen) atoms. The zero-order valence-corrected chi connectivity index (χ0v) is 14.6. The van der Waals surface area contributed by atoms with Crippen LogP contribution in [0.4, 0.5) is 0 Å². The first-order valence-corrected chi connectivity index (χ1v) is 8.94. The van der Waals surface area contributed by atoms with E-state index in [0.29, 0.717) is 23.7 Å². The number of hydrogen-bond donors (Lipinski definition) is 0. The van der Waals surface area contributed by atoms with Crippen molar-refractivity contribution in [2.45, 2.75) is 38.5 Å². The molecule has 0 amide bonds. The number of sulfonamides is 1. The summed E-state index contributed by atoms with van der Waals surface area (Å²) >= 11 is 11.9. The van der Waals surface area contributed by atoms with Gasteiger partial charge in [0.2, 0.25) is 10.0 Å². The second-order valence-corrected chi connectivity index (χ2v) is 7.78. The maximum absolute atomic E-state index is 12.8. The van der Waals surface area contributed by atoms with Gasteiger partial charge in [-0.1, -0.05) is 32.4 Å². The average Bonchev–Trinajstić information content (AvgIpc) is 2.37.